The molecule has 6 atom stereocenters. The Morgan fingerprint density at radius 3 is 2.13 bits per heavy atom. The van der Waals surface area contributed by atoms with E-state index in [0.29, 0.717) is 11.1 Å². The van der Waals surface area contributed by atoms with Gasteiger partial charge in [0.25, 0.3) is 0 Å². The van der Waals surface area contributed by atoms with Crippen LogP contribution in [0, 0.1) is 0 Å². The van der Waals surface area contributed by atoms with Gasteiger partial charge in [0.2, 0.25) is 17.6 Å². The summed E-state index contributed by atoms with van der Waals surface area (Å²) in [7, 11) is 0. The van der Waals surface area contributed by atoms with Crippen molar-refractivity contribution in [2.24, 2.45) is 0 Å². The Kier molecular flexibility index (Phi) is 13.7. The number of hydrogen-bond acceptors (Lipinski definition) is 11. The Hall–Kier alpha value is -3.37. The first-order valence-electron chi connectivity index (χ1n) is 14.2. The number of aliphatic hydroxyl groups excluding tert-OH is 4. The Bertz CT molecular complexity index is 1440. The molecule has 1 saturated heterocycles. The molecule has 1 heterocycles. The number of carboxylic acid groups (broad SMARTS) is 1. The van der Waals surface area contributed by atoms with E-state index in [9.17, 15) is 45.0 Å². The number of aromatic hydroxyl groups is 1. The zero-order valence-electron chi connectivity index (χ0n) is 25.1. The van der Waals surface area contributed by atoms with Gasteiger partial charge in [-0.3, -0.25) is 9.59 Å². The van der Waals surface area contributed by atoms with Gasteiger partial charge >= 0.3 is 29.6 Å². The molecule has 1 fully saturated rings. The minimum Gasteiger partial charge on any atom is -0.544 e. The number of phenolic OH excluding ortho intramolecular Hbond substituents is 1. The smallest absolute Gasteiger partial charge is 0.544 e. The first-order valence-corrected chi connectivity index (χ1v) is 14.2. The average Bonchev–Trinajstić information content (AvgIpc) is 3.04. The van der Waals surface area contributed by atoms with Gasteiger partial charge in [0.05, 0.1) is 31.3 Å². The number of aliphatic hydroxyl groups is 4. The second-order valence-electron chi connectivity index (χ2n) is 10.7. The number of ether oxygens (including phenoxy) is 2. The van der Waals surface area contributed by atoms with Gasteiger partial charge in [0.1, 0.15) is 30.5 Å². The van der Waals surface area contributed by atoms with E-state index in [2.05, 4.69) is 10.6 Å². The van der Waals surface area contributed by atoms with Crippen LogP contribution in [0.1, 0.15) is 17.5 Å². The molecule has 1 aliphatic rings. The molecule has 1 aliphatic heterocycles. The third-order valence-corrected chi connectivity index (χ3v) is 7.43. The van der Waals surface area contributed by atoms with Gasteiger partial charge in [-0.2, -0.15) is 0 Å². The predicted molar refractivity (Wildman–Crippen MR) is 156 cm³/mol. The maximum atomic E-state index is 12.6. The quantitative estimate of drug-likeness (QED) is 0.0882. The van der Waals surface area contributed by atoms with Crippen molar-refractivity contribution in [3.05, 3.63) is 90.0 Å². The number of phenols is 1. The van der Waals surface area contributed by atoms with Crippen LogP contribution in [0.3, 0.4) is 0 Å². The van der Waals surface area contributed by atoms with Crippen LogP contribution >= 0.6 is 0 Å². The summed E-state index contributed by atoms with van der Waals surface area (Å²) in [6.07, 6.45) is -7.91. The van der Waals surface area contributed by atoms with Crippen LogP contribution in [-0.4, -0.2) is 92.7 Å². The van der Waals surface area contributed by atoms with Crippen LogP contribution in [-0.2, 0) is 36.9 Å². The predicted octanol–water partition coefficient (Wildman–Crippen LogP) is -4.27. The molecule has 3 aromatic rings. The van der Waals surface area contributed by atoms with E-state index in [1.807, 2.05) is 12.1 Å². The summed E-state index contributed by atoms with van der Waals surface area (Å²) >= 11 is 0. The Morgan fingerprint density at radius 2 is 1.54 bits per heavy atom. The van der Waals surface area contributed by atoms with E-state index in [1.54, 1.807) is 66.7 Å². The molecule has 13 nitrogen and oxygen atoms in total. The molecular weight excluding hydrogens is 611 g/mol. The fourth-order valence-electron chi connectivity index (χ4n) is 4.99. The summed E-state index contributed by atoms with van der Waals surface area (Å²) in [6.45, 7) is -1.74. The standard InChI is InChI=1S/C32H36N2O11.Na/c35-17-27(40)34-28-24(37)15-32(31(42)43,44-18-20-4-2-1-3-5-20)45-30(28)29(41)25(38)16-33-26(39)14-19-6-8-21(9-7-19)22-10-12-23(36)13-11-22;/h1-13,24-25,28-30,35-38,41H,14-18H2,(H,33,39)(H,34,40)(H,42,43);/q;+1/p-1/t24-,25+,28+,29+,30+,32+;/m0./s1. The van der Waals surface area contributed by atoms with E-state index < -0.39 is 73.6 Å². The molecule has 0 radical (unpaired) electrons. The normalized spacial score (nSPS) is 22.1. The van der Waals surface area contributed by atoms with E-state index in [-0.39, 0.29) is 48.3 Å². The second-order valence-corrected chi connectivity index (χ2v) is 10.7. The van der Waals surface area contributed by atoms with E-state index >= 15 is 0 Å². The van der Waals surface area contributed by atoms with Gasteiger partial charge in [-0.1, -0.05) is 66.7 Å². The number of carbonyl (C=O) groups is 3. The molecule has 240 valence electrons. The molecule has 0 aliphatic carbocycles. The number of rotatable bonds is 13. The van der Waals surface area contributed by atoms with Crippen molar-refractivity contribution in [2.45, 2.75) is 55.7 Å². The van der Waals surface area contributed by atoms with Gasteiger partial charge < -0.3 is 55.5 Å². The fraction of sp³-hybridized carbons (Fsp3) is 0.344. The number of carbonyl (C=O) groups excluding carboxylic acids is 3. The molecule has 2 amide bonds. The number of aliphatic carboxylic acids is 1. The molecule has 3 aromatic carbocycles. The minimum atomic E-state index is -2.57. The summed E-state index contributed by atoms with van der Waals surface area (Å²) < 4.78 is 11.2. The first-order chi connectivity index (χ1) is 21.5. The number of nitrogens with one attached hydrogen (secondary N) is 2. The molecule has 7 N–H and O–H groups in total. The van der Waals surface area contributed by atoms with E-state index in [0.717, 1.165) is 11.1 Å². The van der Waals surface area contributed by atoms with Crippen LogP contribution in [0.5, 0.6) is 5.75 Å². The SMILES string of the molecule is O=C(Cc1ccc(-c2ccc(O)cc2)cc1)NC[C@@H](O)[C@@H](O)[C@@H]1O[C@@](OCc2ccccc2)(C(=O)[O-])C[C@H](O)[C@H]1NC(=O)CO.[Na+]. The van der Waals surface area contributed by atoms with Crippen molar-refractivity contribution < 1.29 is 84.1 Å². The molecule has 14 heteroatoms. The number of benzene rings is 3. The monoisotopic (exact) mass is 646 g/mol. The van der Waals surface area contributed by atoms with Crippen molar-refractivity contribution in [3.8, 4) is 16.9 Å². The van der Waals surface area contributed by atoms with Gasteiger partial charge in [-0.05, 0) is 34.4 Å². The maximum Gasteiger partial charge on any atom is 1.00 e. The van der Waals surface area contributed by atoms with Crippen LogP contribution in [0.25, 0.3) is 11.1 Å². The van der Waals surface area contributed by atoms with E-state index in [1.165, 1.54) is 0 Å². The fourth-order valence-corrected chi connectivity index (χ4v) is 4.99. The van der Waals surface area contributed by atoms with Crippen molar-refractivity contribution in [1.29, 1.82) is 0 Å². The molecule has 4 rings (SSSR count). The van der Waals surface area contributed by atoms with Crippen LogP contribution in [0.15, 0.2) is 78.9 Å². The van der Waals surface area contributed by atoms with Crippen molar-refractivity contribution in [3.63, 3.8) is 0 Å². The minimum absolute atomic E-state index is 0. The molecular formula is C32H35N2NaO11. The molecule has 0 spiro atoms. The number of hydrogen-bond donors (Lipinski definition) is 7. The number of carboxylic acids is 1. The zero-order valence-corrected chi connectivity index (χ0v) is 27.1. The maximum absolute atomic E-state index is 12.6. The first kappa shape index (κ1) is 37.1. The zero-order chi connectivity index (χ0) is 32.6. The van der Waals surface area contributed by atoms with Gasteiger partial charge in [0, 0.05) is 13.0 Å². The Morgan fingerprint density at radius 1 is 0.935 bits per heavy atom. The molecule has 46 heavy (non-hydrogen) atoms. The molecule has 0 bridgehead atoms. The van der Waals surface area contributed by atoms with Crippen LogP contribution in [0.2, 0.25) is 0 Å². The van der Waals surface area contributed by atoms with Crippen LogP contribution in [0.4, 0.5) is 0 Å². The topological polar surface area (TPSA) is 218 Å². The Labute approximate surface area is 287 Å². The molecule has 0 unspecified atom stereocenters. The van der Waals surface area contributed by atoms with Crippen molar-refractivity contribution >= 4 is 17.8 Å². The number of amides is 2. The van der Waals surface area contributed by atoms with Gasteiger partial charge in [-0.25, -0.2) is 0 Å². The van der Waals surface area contributed by atoms with Crippen LogP contribution < -0.4 is 45.3 Å². The average molecular weight is 647 g/mol. The molecule has 0 aromatic heterocycles. The second kappa shape index (κ2) is 17.0. The summed E-state index contributed by atoms with van der Waals surface area (Å²) in [5, 5.41) is 68.4. The summed E-state index contributed by atoms with van der Waals surface area (Å²) in [4.78, 5) is 36.9. The van der Waals surface area contributed by atoms with Gasteiger partial charge in [0.15, 0.2) is 0 Å². The third kappa shape index (κ3) is 9.58. The van der Waals surface area contributed by atoms with Crippen molar-refractivity contribution in [2.75, 3.05) is 13.2 Å². The Balaban J connectivity index is 0.00000576. The van der Waals surface area contributed by atoms with Crippen molar-refractivity contribution in [1.82, 2.24) is 10.6 Å². The third-order valence-electron chi connectivity index (χ3n) is 7.43. The molecule has 0 saturated carbocycles. The summed E-state index contributed by atoms with van der Waals surface area (Å²) in [5.41, 5.74) is 2.97. The van der Waals surface area contributed by atoms with Gasteiger partial charge in [-0.15, -0.1) is 0 Å². The summed E-state index contributed by atoms with van der Waals surface area (Å²) in [6, 6.07) is 20.7. The van der Waals surface area contributed by atoms with E-state index in [4.69, 9.17) is 9.47 Å². The largest absolute Gasteiger partial charge is 1.00 e. The summed E-state index contributed by atoms with van der Waals surface area (Å²) in [5.74, 6) is -5.74.